The molecule has 162 valence electrons. The van der Waals surface area contributed by atoms with Crippen molar-refractivity contribution in [1.29, 1.82) is 0 Å². The average molecular weight is 441 g/mol. The number of nitrogens with zero attached hydrogens (tertiary/aromatic N) is 2. The first-order chi connectivity index (χ1) is 15.6. The maximum absolute atomic E-state index is 13.6. The molecule has 3 nitrogen and oxygen atoms in total. The summed E-state index contributed by atoms with van der Waals surface area (Å²) in [6.45, 7) is 4.18. The van der Waals surface area contributed by atoms with Crippen LogP contribution in [0.15, 0.2) is 70.6 Å². The quantitative estimate of drug-likeness (QED) is 0.398. The Morgan fingerprint density at radius 2 is 1.66 bits per heavy atom. The summed E-state index contributed by atoms with van der Waals surface area (Å²) < 4.78 is 0. The van der Waals surface area contributed by atoms with Gasteiger partial charge in [-0.2, -0.15) is 0 Å². The molecule has 1 heterocycles. The molecule has 1 saturated carbocycles. The normalized spacial score (nSPS) is 20.1. The van der Waals surface area contributed by atoms with Crippen molar-refractivity contribution in [1.82, 2.24) is 4.90 Å². The summed E-state index contributed by atoms with van der Waals surface area (Å²) in [5.74, 6) is 0.0953. The lowest BCUT2D eigenvalue weighted by Gasteiger charge is -2.30. The number of hydrogen-bond donors (Lipinski definition) is 0. The van der Waals surface area contributed by atoms with Crippen molar-refractivity contribution in [3.8, 4) is 0 Å². The number of amides is 1. The highest BCUT2D eigenvalue weighted by atomic mass is 32.2. The lowest BCUT2D eigenvalue weighted by molar-refractivity contribution is -0.124. The van der Waals surface area contributed by atoms with Crippen LogP contribution in [0.1, 0.15) is 48.8 Å². The molecular formula is C28H28N2OS. The van der Waals surface area contributed by atoms with Gasteiger partial charge in [0.1, 0.15) is 0 Å². The molecule has 2 aliphatic rings. The van der Waals surface area contributed by atoms with E-state index in [0.29, 0.717) is 0 Å². The van der Waals surface area contributed by atoms with E-state index in [1.165, 1.54) is 52.9 Å². The highest BCUT2D eigenvalue weighted by Crippen LogP contribution is 2.39. The van der Waals surface area contributed by atoms with E-state index in [0.717, 1.165) is 34.2 Å². The zero-order chi connectivity index (χ0) is 22.1. The van der Waals surface area contributed by atoms with E-state index in [1.54, 1.807) is 0 Å². The Balaban J connectivity index is 1.57. The van der Waals surface area contributed by atoms with Crippen LogP contribution in [0.3, 0.4) is 0 Å². The Hall–Kier alpha value is -2.85. The van der Waals surface area contributed by atoms with Crippen LogP contribution < -0.4 is 0 Å². The van der Waals surface area contributed by atoms with E-state index in [1.807, 2.05) is 11.0 Å². The minimum atomic E-state index is 0.0953. The van der Waals surface area contributed by atoms with Crippen molar-refractivity contribution in [2.75, 3.05) is 0 Å². The van der Waals surface area contributed by atoms with E-state index in [4.69, 9.17) is 4.99 Å². The van der Waals surface area contributed by atoms with Gasteiger partial charge >= 0.3 is 0 Å². The molecule has 1 saturated heterocycles. The summed E-state index contributed by atoms with van der Waals surface area (Å²) in [7, 11) is 0. The maximum atomic E-state index is 13.6. The number of rotatable bonds is 3. The molecule has 5 rings (SSSR count). The third kappa shape index (κ3) is 4.24. The largest absolute Gasteiger partial charge is 0.283 e. The molecule has 0 spiro atoms. The Morgan fingerprint density at radius 3 is 2.44 bits per heavy atom. The van der Waals surface area contributed by atoms with Crippen LogP contribution in [0.5, 0.6) is 0 Å². The fourth-order valence-electron chi connectivity index (χ4n) is 4.87. The summed E-state index contributed by atoms with van der Waals surface area (Å²) in [5.41, 5.74) is 4.38. The molecule has 3 aromatic rings. The Labute approximate surface area is 194 Å². The molecule has 2 fully saturated rings. The molecule has 0 radical (unpaired) electrons. The lowest BCUT2D eigenvalue weighted by Crippen LogP contribution is -2.40. The van der Waals surface area contributed by atoms with Crippen LogP contribution in [0.25, 0.3) is 16.8 Å². The number of fused-ring (bicyclic) bond motifs is 1. The Bertz CT molecular complexity index is 1210. The number of amidine groups is 1. The van der Waals surface area contributed by atoms with Gasteiger partial charge in [0.2, 0.25) is 0 Å². The molecule has 1 amide bonds. The van der Waals surface area contributed by atoms with Gasteiger partial charge in [0.05, 0.1) is 10.6 Å². The Kier molecular flexibility index (Phi) is 5.88. The maximum Gasteiger partial charge on any atom is 0.267 e. The van der Waals surface area contributed by atoms with Crippen molar-refractivity contribution < 1.29 is 4.79 Å². The number of thioether (sulfide) groups is 1. The third-order valence-corrected chi connectivity index (χ3v) is 7.30. The van der Waals surface area contributed by atoms with Gasteiger partial charge in [-0.3, -0.25) is 9.69 Å². The number of aryl methyl sites for hydroxylation is 2. The monoisotopic (exact) mass is 440 g/mol. The first-order valence-electron chi connectivity index (χ1n) is 11.5. The van der Waals surface area contributed by atoms with Gasteiger partial charge in [-0.15, -0.1) is 0 Å². The van der Waals surface area contributed by atoms with Crippen molar-refractivity contribution in [2.24, 2.45) is 4.99 Å². The van der Waals surface area contributed by atoms with Crippen LogP contribution in [0.2, 0.25) is 0 Å². The van der Waals surface area contributed by atoms with Gasteiger partial charge in [-0.05, 0) is 84.1 Å². The summed E-state index contributed by atoms with van der Waals surface area (Å²) in [5, 5.41) is 3.17. The van der Waals surface area contributed by atoms with Crippen LogP contribution in [0.4, 0.5) is 5.69 Å². The molecule has 0 unspecified atom stereocenters. The first kappa shape index (κ1) is 21.0. The molecule has 0 bridgehead atoms. The molecule has 0 aromatic heterocycles. The second kappa shape index (κ2) is 8.95. The molecule has 1 aliphatic heterocycles. The van der Waals surface area contributed by atoms with E-state index in [9.17, 15) is 4.79 Å². The SMILES string of the molecule is Cc1cc(C)cc(N=C2S/C(=C\c3cccc4ccccc34)C(=O)N2C2CCCCC2)c1. The fraction of sp³-hybridized carbons (Fsp3) is 0.286. The van der Waals surface area contributed by atoms with E-state index < -0.39 is 0 Å². The zero-order valence-corrected chi connectivity index (χ0v) is 19.5. The molecule has 32 heavy (non-hydrogen) atoms. The molecule has 4 heteroatoms. The summed E-state index contributed by atoms with van der Waals surface area (Å²) in [4.78, 5) is 21.4. The zero-order valence-electron chi connectivity index (χ0n) is 18.7. The second-order valence-electron chi connectivity index (χ2n) is 8.89. The van der Waals surface area contributed by atoms with Gasteiger partial charge in [-0.25, -0.2) is 4.99 Å². The second-order valence-corrected chi connectivity index (χ2v) is 9.90. The van der Waals surface area contributed by atoms with Crippen LogP contribution >= 0.6 is 11.8 Å². The molecule has 0 N–H and O–H groups in total. The van der Waals surface area contributed by atoms with E-state index in [2.05, 4.69) is 74.5 Å². The molecular weight excluding hydrogens is 412 g/mol. The number of hydrogen-bond acceptors (Lipinski definition) is 3. The van der Waals surface area contributed by atoms with Crippen LogP contribution in [-0.2, 0) is 4.79 Å². The number of benzene rings is 3. The standard InChI is InChI=1S/C28H28N2OS/c1-19-15-20(2)17-23(16-19)29-28-30(24-12-4-3-5-13-24)27(31)26(32-28)18-22-11-8-10-21-9-6-7-14-25(21)22/h6-11,14-18,24H,3-5,12-13H2,1-2H3/b26-18-,29-28?. The molecule has 3 aromatic carbocycles. The minimum Gasteiger partial charge on any atom is -0.283 e. The molecule has 0 atom stereocenters. The molecule has 1 aliphatic carbocycles. The van der Waals surface area contributed by atoms with Crippen molar-refractivity contribution in [3.05, 3.63) is 82.3 Å². The van der Waals surface area contributed by atoms with Crippen LogP contribution in [-0.4, -0.2) is 22.0 Å². The van der Waals surface area contributed by atoms with E-state index >= 15 is 0 Å². The summed E-state index contributed by atoms with van der Waals surface area (Å²) >= 11 is 1.52. The van der Waals surface area contributed by atoms with Crippen LogP contribution in [0, 0.1) is 13.8 Å². The van der Waals surface area contributed by atoms with Gasteiger partial charge in [0.25, 0.3) is 5.91 Å². The predicted octanol–water partition coefficient (Wildman–Crippen LogP) is 7.39. The Morgan fingerprint density at radius 1 is 0.938 bits per heavy atom. The van der Waals surface area contributed by atoms with Crippen molar-refractivity contribution in [3.63, 3.8) is 0 Å². The van der Waals surface area contributed by atoms with Crippen molar-refractivity contribution in [2.45, 2.75) is 52.0 Å². The number of carbonyl (C=O) groups is 1. The highest BCUT2D eigenvalue weighted by Gasteiger charge is 2.38. The van der Waals surface area contributed by atoms with Gasteiger partial charge < -0.3 is 0 Å². The average Bonchev–Trinajstić information content (AvgIpc) is 3.08. The minimum absolute atomic E-state index is 0.0953. The third-order valence-electron chi connectivity index (χ3n) is 6.32. The van der Waals surface area contributed by atoms with E-state index in [-0.39, 0.29) is 11.9 Å². The van der Waals surface area contributed by atoms with Gasteiger partial charge in [-0.1, -0.05) is 67.8 Å². The fourth-order valence-corrected chi connectivity index (χ4v) is 5.92. The van der Waals surface area contributed by atoms with Crippen molar-refractivity contribution >= 4 is 45.4 Å². The summed E-state index contributed by atoms with van der Waals surface area (Å²) in [6.07, 6.45) is 7.78. The lowest BCUT2D eigenvalue weighted by atomic mass is 9.94. The van der Waals surface area contributed by atoms with Gasteiger partial charge in [0.15, 0.2) is 5.17 Å². The first-order valence-corrected chi connectivity index (χ1v) is 12.3. The number of carbonyl (C=O) groups excluding carboxylic acids is 1. The van der Waals surface area contributed by atoms with Gasteiger partial charge in [0, 0.05) is 6.04 Å². The number of aliphatic imine (C=N–C) groups is 1. The highest BCUT2D eigenvalue weighted by molar-refractivity contribution is 8.18. The predicted molar refractivity (Wildman–Crippen MR) is 136 cm³/mol. The smallest absolute Gasteiger partial charge is 0.267 e. The summed E-state index contributed by atoms with van der Waals surface area (Å²) in [6, 6.07) is 21.2. The topological polar surface area (TPSA) is 32.7 Å².